The van der Waals surface area contributed by atoms with Crippen LogP contribution in [0.3, 0.4) is 0 Å². The highest BCUT2D eigenvalue weighted by Crippen LogP contribution is 2.20. The second-order valence-electron chi connectivity index (χ2n) is 11.4. The molecule has 0 spiro atoms. The van der Waals surface area contributed by atoms with Gasteiger partial charge in [0.25, 0.3) is 0 Å². The minimum atomic E-state index is -0.738. The van der Waals surface area contributed by atoms with Crippen molar-refractivity contribution in [2.24, 2.45) is 11.8 Å². The average molecular weight is 633 g/mol. The summed E-state index contributed by atoms with van der Waals surface area (Å²) in [5, 5.41) is 5.19. The summed E-state index contributed by atoms with van der Waals surface area (Å²) in [5.74, 6) is 0.406. The molecule has 2 rings (SSSR count). The first-order valence-corrected chi connectivity index (χ1v) is 14.8. The number of carbonyl (C=O) groups is 4. The number of amides is 4. The molecule has 0 fully saturated rings. The van der Waals surface area contributed by atoms with E-state index in [1.807, 2.05) is 41.5 Å². The van der Waals surface area contributed by atoms with Gasteiger partial charge in [-0.15, -0.1) is 0 Å². The van der Waals surface area contributed by atoms with Gasteiger partial charge in [-0.3, -0.25) is 9.59 Å². The zero-order valence-electron chi connectivity index (χ0n) is 27.8. The Labute approximate surface area is 264 Å². The third-order valence-electron chi connectivity index (χ3n) is 7.53. The van der Waals surface area contributed by atoms with Crippen molar-refractivity contribution >= 4 is 30.1 Å². The second-order valence-corrected chi connectivity index (χ2v) is 11.4. The largest absolute Gasteiger partial charge is 0.501 e. The van der Waals surface area contributed by atoms with Crippen LogP contribution in [0.1, 0.15) is 76.7 Å². The van der Waals surface area contributed by atoms with Crippen LogP contribution in [0.25, 0.3) is 6.08 Å². The van der Waals surface area contributed by atoms with Crippen molar-refractivity contribution in [1.82, 2.24) is 40.4 Å². The maximum Gasteiger partial charge on any atom is 0.407 e. The highest BCUT2D eigenvalue weighted by atomic mass is 16.5. The summed E-state index contributed by atoms with van der Waals surface area (Å²) in [5.41, 5.74) is 1.53. The lowest BCUT2D eigenvalue weighted by Gasteiger charge is -2.30. The van der Waals surface area contributed by atoms with Crippen LogP contribution in [0.5, 0.6) is 0 Å². The van der Waals surface area contributed by atoms with E-state index in [1.54, 1.807) is 38.8 Å². The molecule has 2 heterocycles. The van der Waals surface area contributed by atoms with Crippen LogP contribution >= 0.6 is 0 Å². The number of ether oxygens (including phenoxy) is 3. The lowest BCUT2D eigenvalue weighted by molar-refractivity contribution is -0.135. The van der Waals surface area contributed by atoms with Gasteiger partial charge in [-0.05, 0) is 31.8 Å². The van der Waals surface area contributed by atoms with E-state index < -0.39 is 24.3 Å². The summed E-state index contributed by atoms with van der Waals surface area (Å²) in [6, 6.07) is -2.21. The van der Waals surface area contributed by atoms with E-state index in [-0.39, 0.29) is 35.7 Å². The number of methoxy groups -OCH3 is 2. The van der Waals surface area contributed by atoms with Crippen molar-refractivity contribution in [3.05, 3.63) is 41.7 Å². The standard InChI is InChI=1S/C30H48N8O7/c1-17(2)23(35-29(41)43-9)27(39)37(7)19(5)25-31-15-21(33-25)11-13-45-14-12-22-16-32-26(34-22)20(6)38(8)28(40)24(18(3)4)36-30(42)44-10/h11,13,15-20,23-24H,12,14H2,1-10H3,(H,31,33)(H,32,34)(H,35,41)(H,36,42)/t19-,20-,23+,24+/m0/s1. The summed E-state index contributed by atoms with van der Waals surface area (Å²) in [7, 11) is 5.83. The molecule has 4 N–H and O–H groups in total. The van der Waals surface area contributed by atoms with Crippen LogP contribution in [0.4, 0.5) is 9.59 Å². The number of imidazole rings is 2. The Morgan fingerprint density at radius 3 is 1.73 bits per heavy atom. The van der Waals surface area contributed by atoms with Crippen LogP contribution in [-0.2, 0) is 30.2 Å². The lowest BCUT2D eigenvalue weighted by Crippen LogP contribution is -2.50. The van der Waals surface area contributed by atoms with E-state index in [2.05, 4.69) is 40.0 Å². The van der Waals surface area contributed by atoms with Gasteiger partial charge in [-0.25, -0.2) is 19.6 Å². The molecular weight excluding hydrogens is 584 g/mol. The van der Waals surface area contributed by atoms with E-state index >= 15 is 0 Å². The van der Waals surface area contributed by atoms with Gasteiger partial charge < -0.3 is 44.6 Å². The van der Waals surface area contributed by atoms with Crippen molar-refractivity contribution in [3.63, 3.8) is 0 Å². The van der Waals surface area contributed by atoms with Gasteiger partial charge >= 0.3 is 12.2 Å². The number of carbonyl (C=O) groups excluding carboxylic acids is 4. The maximum atomic E-state index is 13.1. The molecule has 0 saturated heterocycles. The Morgan fingerprint density at radius 1 is 0.800 bits per heavy atom. The molecule has 0 radical (unpaired) electrons. The molecule has 0 unspecified atom stereocenters. The van der Waals surface area contributed by atoms with Crippen molar-refractivity contribution in [2.75, 3.05) is 34.9 Å². The number of nitrogens with one attached hydrogen (secondary N) is 4. The van der Waals surface area contributed by atoms with Crippen LogP contribution in [0.2, 0.25) is 0 Å². The van der Waals surface area contributed by atoms with Gasteiger partial charge in [-0.1, -0.05) is 27.7 Å². The lowest BCUT2D eigenvalue weighted by atomic mass is 10.0. The number of aromatic nitrogens is 4. The monoisotopic (exact) mass is 632 g/mol. The Bertz CT molecular complexity index is 1300. The fourth-order valence-electron chi connectivity index (χ4n) is 4.31. The zero-order chi connectivity index (χ0) is 33.8. The molecule has 2 aromatic heterocycles. The highest BCUT2D eigenvalue weighted by molar-refractivity contribution is 5.86. The molecule has 0 bridgehead atoms. The van der Waals surface area contributed by atoms with Gasteiger partial charge in [0.05, 0.1) is 51.1 Å². The molecule has 45 heavy (non-hydrogen) atoms. The Hall–Kier alpha value is -4.56. The van der Waals surface area contributed by atoms with Crippen LogP contribution < -0.4 is 10.6 Å². The van der Waals surface area contributed by atoms with E-state index in [9.17, 15) is 19.2 Å². The first-order valence-electron chi connectivity index (χ1n) is 14.8. The van der Waals surface area contributed by atoms with Gasteiger partial charge in [0.2, 0.25) is 11.8 Å². The molecule has 4 atom stereocenters. The normalized spacial score (nSPS) is 14.0. The fourth-order valence-corrected chi connectivity index (χ4v) is 4.31. The minimum Gasteiger partial charge on any atom is -0.501 e. The van der Waals surface area contributed by atoms with Crippen LogP contribution in [-0.4, -0.2) is 101 Å². The minimum absolute atomic E-state index is 0.134. The number of rotatable bonds is 15. The number of H-pyrrole nitrogens is 2. The molecule has 2 aromatic rings. The summed E-state index contributed by atoms with van der Waals surface area (Å²) >= 11 is 0. The van der Waals surface area contributed by atoms with Crippen molar-refractivity contribution in [2.45, 2.75) is 72.1 Å². The maximum absolute atomic E-state index is 13.1. The highest BCUT2D eigenvalue weighted by Gasteiger charge is 2.32. The molecule has 250 valence electrons. The summed E-state index contributed by atoms with van der Waals surface area (Å²) < 4.78 is 15.0. The summed E-state index contributed by atoms with van der Waals surface area (Å²) in [6.07, 6.45) is 5.85. The molecule has 15 nitrogen and oxygen atoms in total. The van der Waals surface area contributed by atoms with E-state index in [0.29, 0.717) is 30.4 Å². The molecule has 0 aliphatic rings. The quantitative estimate of drug-likeness (QED) is 0.169. The van der Waals surface area contributed by atoms with Gasteiger partial charge in [0.15, 0.2) is 0 Å². The van der Waals surface area contributed by atoms with E-state index in [1.165, 1.54) is 24.0 Å². The SMILES string of the molecule is COC(=O)N[C@@H](C(=O)N(C)[C@@H](C)c1ncc(C=COCCc2cnc([C@H](C)N(C)C(=O)[C@H](NC(=O)OC)C(C)C)[nH]2)[nH]1)C(C)C. The summed E-state index contributed by atoms with van der Waals surface area (Å²) in [4.78, 5) is 67.8. The third kappa shape index (κ3) is 10.3. The van der Waals surface area contributed by atoms with Gasteiger partial charge in [0.1, 0.15) is 23.7 Å². The van der Waals surface area contributed by atoms with E-state index in [0.717, 1.165) is 5.69 Å². The average Bonchev–Trinajstić information content (AvgIpc) is 3.69. The molecule has 4 amide bonds. The van der Waals surface area contributed by atoms with Crippen molar-refractivity contribution < 1.29 is 33.4 Å². The number of alkyl carbamates (subject to hydrolysis) is 2. The molecule has 0 saturated carbocycles. The predicted molar refractivity (Wildman–Crippen MR) is 167 cm³/mol. The van der Waals surface area contributed by atoms with Crippen LogP contribution in [0, 0.1) is 11.8 Å². The molecule has 15 heteroatoms. The third-order valence-corrected chi connectivity index (χ3v) is 7.53. The molecular formula is C30H48N8O7. The summed E-state index contributed by atoms with van der Waals surface area (Å²) in [6.45, 7) is 11.4. The smallest absolute Gasteiger partial charge is 0.407 e. The Kier molecular flexibility index (Phi) is 13.9. The molecule has 0 aliphatic carbocycles. The Balaban J connectivity index is 1.90. The van der Waals surface area contributed by atoms with Crippen LogP contribution in [0.15, 0.2) is 18.7 Å². The first kappa shape index (κ1) is 36.6. The van der Waals surface area contributed by atoms with E-state index in [4.69, 9.17) is 4.74 Å². The van der Waals surface area contributed by atoms with Gasteiger partial charge in [0, 0.05) is 32.4 Å². The van der Waals surface area contributed by atoms with Crippen molar-refractivity contribution in [1.29, 1.82) is 0 Å². The number of nitrogens with zero attached hydrogens (tertiary/aromatic N) is 4. The van der Waals surface area contributed by atoms with Crippen molar-refractivity contribution in [3.8, 4) is 0 Å². The number of hydrogen-bond acceptors (Lipinski definition) is 9. The zero-order valence-corrected chi connectivity index (χ0v) is 27.8. The predicted octanol–water partition coefficient (Wildman–Crippen LogP) is 3.16. The van der Waals surface area contributed by atoms with Gasteiger partial charge in [-0.2, -0.15) is 0 Å². The number of aromatic amines is 2. The number of likely N-dealkylation sites (N-methyl/N-ethyl adjacent to an activating group) is 2. The second kappa shape index (κ2) is 17.1. The fraction of sp³-hybridized carbons (Fsp3) is 0.600. The molecule has 0 aromatic carbocycles. The topological polar surface area (TPSA) is 184 Å². The number of hydrogen-bond donors (Lipinski definition) is 4. The molecule has 0 aliphatic heterocycles. The Morgan fingerprint density at radius 2 is 1.27 bits per heavy atom. The first-order chi connectivity index (χ1) is 21.2.